The molecule has 2 N–H and O–H groups in total. The topological polar surface area (TPSA) is 90.7 Å². The molecule has 3 rings (SSSR count). The molecule has 1 heterocycles. The van der Waals surface area contributed by atoms with Gasteiger partial charge in [-0.1, -0.05) is 29.3 Å². The van der Waals surface area contributed by atoms with Crippen molar-refractivity contribution >= 4 is 46.4 Å². The van der Waals surface area contributed by atoms with Crippen molar-refractivity contribution in [2.75, 3.05) is 10.6 Å². The number of benzene rings is 2. The highest BCUT2D eigenvalue weighted by Crippen LogP contribution is 2.30. The van der Waals surface area contributed by atoms with Crippen LogP contribution >= 0.6 is 23.2 Å². The summed E-state index contributed by atoms with van der Waals surface area (Å²) in [7, 11) is 0. The van der Waals surface area contributed by atoms with Gasteiger partial charge in [-0.05, 0) is 49.4 Å². The summed E-state index contributed by atoms with van der Waals surface area (Å²) in [5, 5.41) is 15.2. The maximum Gasteiger partial charge on any atom is 0.274 e. The number of para-hydroxylation sites is 1. The van der Waals surface area contributed by atoms with E-state index in [1.54, 1.807) is 55.5 Å². The number of nitriles is 1. The van der Waals surface area contributed by atoms with Gasteiger partial charge in [0.1, 0.15) is 5.69 Å². The fraction of sp³-hybridized carbons (Fsp3) is 0.0526. The third-order valence-corrected chi connectivity index (χ3v) is 4.19. The van der Waals surface area contributed by atoms with Crippen molar-refractivity contribution in [2.24, 2.45) is 0 Å². The molecule has 3 aromatic rings. The van der Waals surface area contributed by atoms with Crippen LogP contribution in [0.4, 0.5) is 17.3 Å². The summed E-state index contributed by atoms with van der Waals surface area (Å²) in [6.07, 6.45) is 0. The molecule has 0 spiro atoms. The van der Waals surface area contributed by atoms with Crippen LogP contribution in [0.15, 0.2) is 48.5 Å². The summed E-state index contributed by atoms with van der Waals surface area (Å²) in [6, 6.07) is 15.4. The number of amides is 1. The number of carbonyl (C=O) groups is 1. The summed E-state index contributed by atoms with van der Waals surface area (Å²) in [5.41, 5.74) is 2.33. The number of nitrogens with one attached hydrogen (secondary N) is 2. The number of anilines is 3. The first-order chi connectivity index (χ1) is 13.0. The van der Waals surface area contributed by atoms with E-state index < -0.39 is 5.91 Å². The minimum absolute atomic E-state index is 0.162. The van der Waals surface area contributed by atoms with E-state index in [2.05, 4.69) is 20.6 Å². The average Bonchev–Trinajstić information content (AvgIpc) is 2.65. The Labute approximate surface area is 165 Å². The second kappa shape index (κ2) is 8.04. The quantitative estimate of drug-likeness (QED) is 0.648. The monoisotopic (exact) mass is 397 g/mol. The van der Waals surface area contributed by atoms with E-state index in [9.17, 15) is 4.79 Å². The Morgan fingerprint density at radius 3 is 2.37 bits per heavy atom. The molecule has 0 radical (unpaired) electrons. The van der Waals surface area contributed by atoms with Crippen molar-refractivity contribution < 1.29 is 4.79 Å². The standard InChI is InChI=1S/C19H13Cl2N5O/c1-11-9-16(18(27)26-17-14(20)3-2-4-15(17)21)25-19(23-11)24-13-7-5-12(10-22)6-8-13/h2-9H,1H3,(H,26,27)(H,23,24,25). The first-order valence-electron chi connectivity index (χ1n) is 7.84. The maximum absolute atomic E-state index is 12.6. The first-order valence-corrected chi connectivity index (χ1v) is 8.60. The number of nitrogens with zero attached hydrogens (tertiary/aromatic N) is 3. The molecule has 27 heavy (non-hydrogen) atoms. The van der Waals surface area contributed by atoms with Crippen molar-refractivity contribution in [3.8, 4) is 6.07 Å². The summed E-state index contributed by atoms with van der Waals surface area (Å²) >= 11 is 12.2. The highest BCUT2D eigenvalue weighted by atomic mass is 35.5. The largest absolute Gasteiger partial charge is 0.324 e. The van der Waals surface area contributed by atoms with Crippen LogP contribution in [-0.4, -0.2) is 15.9 Å². The minimum Gasteiger partial charge on any atom is -0.324 e. The van der Waals surface area contributed by atoms with Crippen LogP contribution in [-0.2, 0) is 0 Å². The molecular weight excluding hydrogens is 385 g/mol. The Hall–Kier alpha value is -3.14. The van der Waals surface area contributed by atoms with Gasteiger partial charge in [-0.25, -0.2) is 9.97 Å². The van der Waals surface area contributed by atoms with E-state index in [-0.39, 0.29) is 11.6 Å². The SMILES string of the molecule is Cc1cc(C(=O)Nc2c(Cl)cccc2Cl)nc(Nc2ccc(C#N)cc2)n1. The number of hydrogen-bond donors (Lipinski definition) is 2. The second-order valence-electron chi connectivity index (χ2n) is 5.58. The molecular formula is C19H13Cl2N5O. The van der Waals surface area contributed by atoms with Gasteiger partial charge in [-0.2, -0.15) is 5.26 Å². The lowest BCUT2D eigenvalue weighted by atomic mass is 10.2. The molecule has 2 aromatic carbocycles. The number of aromatic nitrogens is 2. The molecule has 0 saturated carbocycles. The Kier molecular flexibility index (Phi) is 5.55. The van der Waals surface area contributed by atoms with Crippen LogP contribution in [0.25, 0.3) is 0 Å². The van der Waals surface area contributed by atoms with E-state index in [1.165, 1.54) is 0 Å². The number of hydrogen-bond acceptors (Lipinski definition) is 5. The highest BCUT2D eigenvalue weighted by molar-refractivity contribution is 6.40. The lowest BCUT2D eigenvalue weighted by Crippen LogP contribution is -2.16. The minimum atomic E-state index is -0.460. The van der Waals surface area contributed by atoms with Crippen LogP contribution in [0.1, 0.15) is 21.7 Å². The molecule has 0 unspecified atom stereocenters. The summed E-state index contributed by atoms with van der Waals surface area (Å²) in [5.74, 6) is -0.200. The van der Waals surface area contributed by atoms with Gasteiger partial charge in [0.05, 0.1) is 27.4 Å². The van der Waals surface area contributed by atoms with Gasteiger partial charge >= 0.3 is 0 Å². The third-order valence-electron chi connectivity index (χ3n) is 3.56. The number of rotatable bonds is 4. The van der Waals surface area contributed by atoms with Gasteiger partial charge < -0.3 is 10.6 Å². The van der Waals surface area contributed by atoms with E-state index in [1.807, 2.05) is 6.07 Å². The van der Waals surface area contributed by atoms with Gasteiger partial charge in [0.25, 0.3) is 5.91 Å². The van der Waals surface area contributed by atoms with E-state index in [0.29, 0.717) is 32.7 Å². The lowest BCUT2D eigenvalue weighted by Gasteiger charge is -2.11. The molecule has 0 saturated heterocycles. The van der Waals surface area contributed by atoms with Crippen LogP contribution in [0, 0.1) is 18.3 Å². The van der Waals surface area contributed by atoms with Crippen molar-refractivity contribution in [3.05, 3.63) is 75.5 Å². The van der Waals surface area contributed by atoms with Crippen LogP contribution in [0.5, 0.6) is 0 Å². The van der Waals surface area contributed by atoms with Crippen molar-refractivity contribution in [2.45, 2.75) is 6.92 Å². The fourth-order valence-electron chi connectivity index (χ4n) is 2.29. The predicted octanol–water partition coefficient (Wildman–Crippen LogP) is 4.96. The number of carbonyl (C=O) groups excluding carboxylic acids is 1. The van der Waals surface area contributed by atoms with Gasteiger partial charge in [-0.3, -0.25) is 4.79 Å². The van der Waals surface area contributed by atoms with Crippen LogP contribution in [0.2, 0.25) is 10.0 Å². The van der Waals surface area contributed by atoms with E-state index in [0.717, 1.165) is 0 Å². The second-order valence-corrected chi connectivity index (χ2v) is 6.40. The van der Waals surface area contributed by atoms with E-state index >= 15 is 0 Å². The number of aryl methyl sites for hydroxylation is 1. The summed E-state index contributed by atoms with van der Waals surface area (Å²) < 4.78 is 0. The molecule has 0 atom stereocenters. The molecule has 1 amide bonds. The third kappa shape index (κ3) is 4.53. The molecule has 8 heteroatoms. The zero-order valence-corrected chi connectivity index (χ0v) is 15.6. The molecule has 0 aliphatic carbocycles. The fourth-order valence-corrected chi connectivity index (χ4v) is 2.78. The normalized spacial score (nSPS) is 10.1. The van der Waals surface area contributed by atoms with Crippen molar-refractivity contribution in [1.29, 1.82) is 5.26 Å². The Morgan fingerprint density at radius 1 is 1.07 bits per heavy atom. The van der Waals surface area contributed by atoms with Gasteiger partial charge in [0.15, 0.2) is 0 Å². The summed E-state index contributed by atoms with van der Waals surface area (Å²) in [4.78, 5) is 21.1. The predicted molar refractivity (Wildman–Crippen MR) is 106 cm³/mol. The van der Waals surface area contributed by atoms with E-state index in [4.69, 9.17) is 28.5 Å². The molecule has 0 bridgehead atoms. The van der Waals surface area contributed by atoms with Gasteiger partial charge in [0.2, 0.25) is 5.95 Å². The smallest absolute Gasteiger partial charge is 0.274 e. The van der Waals surface area contributed by atoms with Crippen LogP contribution < -0.4 is 10.6 Å². The Balaban J connectivity index is 1.84. The van der Waals surface area contributed by atoms with Crippen molar-refractivity contribution in [3.63, 3.8) is 0 Å². The molecule has 134 valence electrons. The van der Waals surface area contributed by atoms with Crippen molar-refractivity contribution in [1.82, 2.24) is 9.97 Å². The first kappa shape index (κ1) is 18.6. The molecule has 1 aromatic heterocycles. The van der Waals surface area contributed by atoms with Gasteiger partial charge in [0, 0.05) is 11.4 Å². The Bertz CT molecular complexity index is 1020. The average molecular weight is 398 g/mol. The lowest BCUT2D eigenvalue weighted by molar-refractivity contribution is 0.102. The van der Waals surface area contributed by atoms with Crippen LogP contribution in [0.3, 0.4) is 0 Å². The highest BCUT2D eigenvalue weighted by Gasteiger charge is 2.14. The Morgan fingerprint density at radius 2 is 1.74 bits per heavy atom. The molecule has 6 nitrogen and oxygen atoms in total. The summed E-state index contributed by atoms with van der Waals surface area (Å²) in [6.45, 7) is 1.75. The van der Waals surface area contributed by atoms with Gasteiger partial charge in [-0.15, -0.1) is 0 Å². The number of halogens is 2. The zero-order valence-electron chi connectivity index (χ0n) is 14.1. The molecule has 0 fully saturated rings. The maximum atomic E-state index is 12.6. The molecule has 0 aliphatic rings. The zero-order chi connectivity index (χ0) is 19.4. The molecule has 0 aliphatic heterocycles.